The van der Waals surface area contributed by atoms with Gasteiger partial charge in [-0.1, -0.05) is 48.5 Å². The van der Waals surface area contributed by atoms with E-state index in [0.29, 0.717) is 5.11 Å². The topological polar surface area (TPSA) is 36.5 Å². The Morgan fingerprint density at radius 2 is 1.32 bits per heavy atom. The molecule has 0 aliphatic heterocycles. The number of hydrogen-bond donors (Lipinski definition) is 2. The quantitative estimate of drug-likeness (QED) is 0.514. The van der Waals surface area contributed by atoms with E-state index in [9.17, 15) is 0 Å². The van der Waals surface area contributed by atoms with E-state index in [1.54, 1.807) is 7.11 Å². The second-order valence-corrected chi connectivity index (χ2v) is 5.68. The van der Waals surface area contributed by atoms with E-state index in [1.807, 2.05) is 89.9 Å². The highest BCUT2D eigenvalue weighted by atomic mass is 32.1. The van der Waals surface area contributed by atoms with Gasteiger partial charge >= 0.3 is 0 Å². The molecule has 25 heavy (non-hydrogen) atoms. The van der Waals surface area contributed by atoms with Gasteiger partial charge in [-0.3, -0.25) is 10.4 Å². The molecule has 5 heteroatoms. The van der Waals surface area contributed by atoms with Crippen molar-refractivity contribution in [3.05, 3.63) is 84.9 Å². The zero-order chi connectivity index (χ0) is 17.5. The number of rotatable bonds is 5. The van der Waals surface area contributed by atoms with Gasteiger partial charge in [-0.25, -0.2) is 0 Å². The number of hydrazine groups is 1. The molecule has 0 bridgehead atoms. The maximum atomic E-state index is 5.50. The fraction of sp³-hybridized carbons (Fsp3) is 0.0500. The van der Waals surface area contributed by atoms with Gasteiger partial charge in [0.15, 0.2) is 5.11 Å². The number of anilines is 3. The van der Waals surface area contributed by atoms with Crippen LogP contribution in [0.2, 0.25) is 0 Å². The molecule has 0 saturated heterocycles. The van der Waals surface area contributed by atoms with Crippen LogP contribution in [0.3, 0.4) is 0 Å². The van der Waals surface area contributed by atoms with Crippen LogP contribution in [0.1, 0.15) is 0 Å². The summed E-state index contributed by atoms with van der Waals surface area (Å²) in [4.78, 5) is 0. The average molecular weight is 349 g/mol. The summed E-state index contributed by atoms with van der Waals surface area (Å²) in [5, 5.41) is 5.59. The number of nitrogens with one attached hydrogen (secondary N) is 2. The molecule has 0 spiro atoms. The Bertz CT molecular complexity index is 785. The summed E-state index contributed by atoms with van der Waals surface area (Å²) in [5.41, 5.74) is 6.02. The zero-order valence-corrected chi connectivity index (χ0v) is 14.7. The molecule has 0 amide bonds. The molecule has 3 rings (SSSR count). The molecule has 0 unspecified atom stereocenters. The predicted molar refractivity (Wildman–Crippen MR) is 107 cm³/mol. The summed E-state index contributed by atoms with van der Waals surface area (Å²) >= 11 is 5.50. The van der Waals surface area contributed by atoms with Crippen molar-refractivity contribution >= 4 is 34.4 Å². The van der Waals surface area contributed by atoms with Gasteiger partial charge < -0.3 is 10.1 Å². The first-order valence-electron chi connectivity index (χ1n) is 7.89. The van der Waals surface area contributed by atoms with Crippen LogP contribution in [-0.4, -0.2) is 12.2 Å². The lowest BCUT2D eigenvalue weighted by molar-refractivity contribution is 0.417. The summed E-state index contributed by atoms with van der Waals surface area (Å²) in [7, 11) is 1.64. The Morgan fingerprint density at radius 3 is 1.88 bits per heavy atom. The largest absolute Gasteiger partial charge is 0.495 e. The summed E-state index contributed by atoms with van der Waals surface area (Å²) in [5.74, 6) is 0.734. The number of hydrogen-bond acceptors (Lipinski definition) is 3. The summed E-state index contributed by atoms with van der Waals surface area (Å²) in [6.45, 7) is 0. The molecule has 0 radical (unpaired) electrons. The monoisotopic (exact) mass is 349 g/mol. The summed E-state index contributed by atoms with van der Waals surface area (Å²) in [6.07, 6.45) is 0. The van der Waals surface area contributed by atoms with E-state index in [0.717, 1.165) is 22.8 Å². The first-order valence-corrected chi connectivity index (χ1v) is 8.29. The standard InChI is InChI=1S/C20H19N3OS/c1-24-19-15-9-8-14-18(19)21-20(25)22-23(16-10-4-2-5-11-16)17-12-6-3-7-13-17/h2-15H,1H3,(H2,21,22,25). The molecule has 3 aromatic carbocycles. The van der Waals surface area contributed by atoms with Gasteiger partial charge in [-0.15, -0.1) is 0 Å². The van der Waals surface area contributed by atoms with Crippen molar-refractivity contribution in [2.75, 3.05) is 17.4 Å². The molecule has 0 aromatic heterocycles. The second kappa shape index (κ2) is 8.17. The third-order valence-corrected chi connectivity index (χ3v) is 3.79. The van der Waals surface area contributed by atoms with Gasteiger partial charge in [-0.05, 0) is 48.6 Å². The third-order valence-electron chi connectivity index (χ3n) is 3.60. The van der Waals surface area contributed by atoms with E-state index >= 15 is 0 Å². The number of thiocarbonyl (C=S) groups is 1. The Morgan fingerprint density at radius 1 is 0.800 bits per heavy atom. The van der Waals surface area contributed by atoms with Crippen molar-refractivity contribution in [1.82, 2.24) is 5.43 Å². The van der Waals surface area contributed by atoms with Crippen molar-refractivity contribution in [1.29, 1.82) is 0 Å². The van der Waals surface area contributed by atoms with E-state index < -0.39 is 0 Å². The van der Waals surface area contributed by atoms with Crippen LogP contribution in [0.4, 0.5) is 17.1 Å². The van der Waals surface area contributed by atoms with Crippen molar-refractivity contribution in [2.24, 2.45) is 0 Å². The molecule has 2 N–H and O–H groups in total. The highest BCUT2D eigenvalue weighted by molar-refractivity contribution is 7.80. The predicted octanol–water partition coefficient (Wildman–Crippen LogP) is 4.73. The summed E-state index contributed by atoms with van der Waals surface area (Å²) < 4.78 is 5.36. The van der Waals surface area contributed by atoms with Crippen molar-refractivity contribution in [3.63, 3.8) is 0 Å². The molecule has 4 nitrogen and oxygen atoms in total. The molecule has 0 aliphatic carbocycles. The minimum Gasteiger partial charge on any atom is -0.495 e. The zero-order valence-electron chi connectivity index (χ0n) is 13.8. The summed E-state index contributed by atoms with van der Waals surface area (Å²) in [6, 6.07) is 27.7. The first-order chi connectivity index (χ1) is 12.3. The van der Waals surface area contributed by atoms with Gasteiger partial charge in [0, 0.05) is 0 Å². The molecule has 3 aromatic rings. The van der Waals surface area contributed by atoms with Crippen LogP contribution in [0, 0.1) is 0 Å². The van der Waals surface area contributed by atoms with Crippen LogP contribution in [0.15, 0.2) is 84.9 Å². The van der Waals surface area contributed by atoms with Gasteiger partial charge in [0.25, 0.3) is 0 Å². The molecule has 0 atom stereocenters. The smallest absolute Gasteiger partial charge is 0.190 e. The molecule has 0 saturated carbocycles. The highest BCUT2D eigenvalue weighted by Crippen LogP contribution is 2.25. The third kappa shape index (κ3) is 4.28. The van der Waals surface area contributed by atoms with Crippen LogP contribution in [0.5, 0.6) is 5.75 Å². The van der Waals surface area contributed by atoms with E-state index in [-0.39, 0.29) is 0 Å². The minimum atomic E-state index is 0.470. The Hall–Kier alpha value is -3.05. The SMILES string of the molecule is COc1ccccc1NC(=S)NN(c1ccccc1)c1ccccc1. The number of benzene rings is 3. The van der Waals surface area contributed by atoms with Crippen molar-refractivity contribution in [2.45, 2.75) is 0 Å². The van der Waals surface area contributed by atoms with Crippen LogP contribution < -0.4 is 20.5 Å². The van der Waals surface area contributed by atoms with Crippen molar-refractivity contribution in [3.8, 4) is 5.75 Å². The van der Waals surface area contributed by atoms with Gasteiger partial charge in [-0.2, -0.15) is 0 Å². The van der Waals surface area contributed by atoms with Crippen LogP contribution in [0.25, 0.3) is 0 Å². The Kier molecular flexibility index (Phi) is 5.49. The lowest BCUT2D eigenvalue weighted by Crippen LogP contribution is -2.41. The molecular formula is C20H19N3OS. The lowest BCUT2D eigenvalue weighted by Gasteiger charge is -2.27. The molecule has 126 valence electrons. The molecular weight excluding hydrogens is 330 g/mol. The fourth-order valence-corrected chi connectivity index (χ4v) is 2.63. The number of nitrogens with zero attached hydrogens (tertiary/aromatic N) is 1. The first kappa shape index (κ1) is 16.8. The van der Waals surface area contributed by atoms with Crippen LogP contribution >= 0.6 is 12.2 Å². The normalized spacial score (nSPS) is 9.96. The van der Waals surface area contributed by atoms with E-state index in [4.69, 9.17) is 17.0 Å². The maximum Gasteiger partial charge on any atom is 0.190 e. The number of ether oxygens (including phenoxy) is 1. The Balaban J connectivity index is 1.82. The molecule has 0 aliphatic rings. The highest BCUT2D eigenvalue weighted by Gasteiger charge is 2.11. The van der Waals surface area contributed by atoms with Crippen LogP contribution in [-0.2, 0) is 0 Å². The molecule has 0 fully saturated rings. The van der Waals surface area contributed by atoms with E-state index in [2.05, 4.69) is 10.7 Å². The fourth-order valence-electron chi connectivity index (χ4n) is 2.43. The number of methoxy groups -OCH3 is 1. The maximum absolute atomic E-state index is 5.50. The van der Waals surface area contributed by atoms with E-state index in [1.165, 1.54) is 0 Å². The number of para-hydroxylation sites is 4. The van der Waals surface area contributed by atoms with Gasteiger partial charge in [0.1, 0.15) is 5.75 Å². The Labute approximate surface area is 153 Å². The van der Waals surface area contributed by atoms with Gasteiger partial charge in [0.2, 0.25) is 0 Å². The molecule has 0 heterocycles. The second-order valence-electron chi connectivity index (χ2n) is 5.27. The van der Waals surface area contributed by atoms with Gasteiger partial charge in [0.05, 0.1) is 24.2 Å². The lowest BCUT2D eigenvalue weighted by atomic mass is 10.2. The van der Waals surface area contributed by atoms with Crippen molar-refractivity contribution < 1.29 is 4.74 Å². The average Bonchev–Trinajstić information content (AvgIpc) is 2.68. The minimum absolute atomic E-state index is 0.470.